The first-order valence-corrected chi connectivity index (χ1v) is 7.55. The molecule has 0 unspecified atom stereocenters. The second-order valence-electron chi connectivity index (χ2n) is 4.31. The highest BCUT2D eigenvalue weighted by Gasteiger charge is 2.27. The minimum atomic E-state index is -4.77. The van der Waals surface area contributed by atoms with E-state index in [9.17, 15) is 23.3 Å². The van der Waals surface area contributed by atoms with Gasteiger partial charge < -0.3 is 0 Å². The largest absolute Gasteiger partial charge is 0.329 e. The Labute approximate surface area is 119 Å². The first-order valence-electron chi connectivity index (χ1n) is 6.11. The molecule has 0 spiro atoms. The van der Waals surface area contributed by atoms with Gasteiger partial charge in [-0.1, -0.05) is 0 Å². The molecule has 10 heteroatoms. The van der Waals surface area contributed by atoms with Crippen molar-refractivity contribution in [1.29, 1.82) is 0 Å². The van der Waals surface area contributed by atoms with Crippen LogP contribution < -0.4 is 5.69 Å². The lowest BCUT2D eigenvalue weighted by Crippen LogP contribution is -2.23. The molecule has 114 valence electrons. The normalized spacial score (nSPS) is 12.0. The minimum absolute atomic E-state index is 0.225. The van der Waals surface area contributed by atoms with Gasteiger partial charge in [-0.05, 0) is 19.9 Å². The summed E-state index contributed by atoms with van der Waals surface area (Å²) in [6.45, 7) is 3.94. The Balaban J connectivity index is 3.05. The molecule has 1 aromatic carbocycles. The van der Waals surface area contributed by atoms with Gasteiger partial charge in [0.2, 0.25) is 0 Å². The van der Waals surface area contributed by atoms with Gasteiger partial charge in [0.05, 0.1) is 16.0 Å². The maximum Gasteiger partial charge on any atom is 0.329 e. The topological polar surface area (TPSA) is 124 Å². The van der Waals surface area contributed by atoms with E-state index >= 15 is 0 Å². The number of imidazole rings is 1. The SMILES string of the molecule is CCn1c(=O)n(CC)c2cc(S(=O)(=O)O)c([N+](=O)[O-])cc21. The number of nitro benzene ring substituents is 1. The highest BCUT2D eigenvalue weighted by molar-refractivity contribution is 7.86. The van der Waals surface area contributed by atoms with E-state index in [1.165, 1.54) is 9.13 Å². The molecular weight excluding hydrogens is 302 g/mol. The number of nitrogens with zero attached hydrogens (tertiary/aromatic N) is 3. The Kier molecular flexibility index (Phi) is 3.59. The molecule has 0 saturated carbocycles. The van der Waals surface area contributed by atoms with E-state index in [2.05, 4.69) is 0 Å². The summed E-state index contributed by atoms with van der Waals surface area (Å²) in [5, 5.41) is 11.0. The van der Waals surface area contributed by atoms with E-state index in [0.717, 1.165) is 12.1 Å². The van der Waals surface area contributed by atoms with Crippen molar-refractivity contribution in [2.24, 2.45) is 0 Å². The van der Waals surface area contributed by atoms with Gasteiger partial charge in [0, 0.05) is 19.2 Å². The quantitative estimate of drug-likeness (QED) is 0.510. The maximum absolute atomic E-state index is 12.1. The number of fused-ring (bicyclic) bond motifs is 1. The van der Waals surface area contributed by atoms with Gasteiger partial charge in [0.25, 0.3) is 5.69 Å². The molecule has 0 bridgehead atoms. The van der Waals surface area contributed by atoms with Crippen LogP contribution in [0.4, 0.5) is 5.69 Å². The van der Waals surface area contributed by atoms with E-state index in [-0.39, 0.29) is 24.1 Å². The zero-order valence-corrected chi connectivity index (χ0v) is 12.1. The Hall–Kier alpha value is -2.20. The molecule has 1 aromatic heterocycles. The first kappa shape index (κ1) is 15.2. The Morgan fingerprint density at radius 1 is 1.19 bits per heavy atom. The van der Waals surface area contributed by atoms with E-state index in [1.54, 1.807) is 13.8 Å². The number of nitro groups is 1. The molecule has 0 saturated heterocycles. The van der Waals surface area contributed by atoms with Gasteiger partial charge in [-0.15, -0.1) is 0 Å². The van der Waals surface area contributed by atoms with Gasteiger partial charge in [-0.25, -0.2) is 4.79 Å². The molecule has 1 N–H and O–H groups in total. The summed E-state index contributed by atoms with van der Waals surface area (Å²) in [5.74, 6) is 0. The highest BCUT2D eigenvalue weighted by atomic mass is 32.2. The molecule has 0 aliphatic rings. The van der Waals surface area contributed by atoms with Crippen molar-refractivity contribution in [1.82, 2.24) is 9.13 Å². The third-order valence-corrected chi connectivity index (χ3v) is 4.09. The number of rotatable bonds is 4. The Morgan fingerprint density at radius 2 is 1.67 bits per heavy atom. The summed E-state index contributed by atoms with van der Waals surface area (Å²) in [6, 6.07) is 1.95. The number of hydrogen-bond acceptors (Lipinski definition) is 5. The summed E-state index contributed by atoms with van der Waals surface area (Å²) >= 11 is 0. The molecular formula is C11H13N3O6S. The van der Waals surface area contributed by atoms with Crippen LogP contribution in [-0.2, 0) is 23.2 Å². The average Bonchev–Trinajstić information content (AvgIpc) is 2.66. The van der Waals surface area contributed by atoms with E-state index in [0.29, 0.717) is 0 Å². The maximum atomic E-state index is 12.1. The summed E-state index contributed by atoms with van der Waals surface area (Å²) in [4.78, 5) is 21.4. The predicted molar refractivity (Wildman–Crippen MR) is 74.0 cm³/mol. The molecule has 0 fully saturated rings. The zero-order chi connectivity index (χ0) is 15.9. The standard InChI is InChI=1S/C11H13N3O6S/c1-3-12-7-5-9(14(16)17)10(21(18,19)20)6-8(7)13(4-2)11(12)15/h5-6H,3-4H2,1-2H3,(H,18,19,20). The molecule has 0 atom stereocenters. The third kappa shape index (κ3) is 2.32. The second kappa shape index (κ2) is 4.97. The second-order valence-corrected chi connectivity index (χ2v) is 5.70. The molecule has 0 aliphatic carbocycles. The molecule has 0 amide bonds. The fraction of sp³-hybridized carbons (Fsp3) is 0.364. The van der Waals surface area contributed by atoms with Gasteiger partial charge in [-0.2, -0.15) is 8.42 Å². The van der Waals surface area contributed by atoms with Gasteiger partial charge in [-0.3, -0.25) is 23.8 Å². The van der Waals surface area contributed by atoms with Crippen molar-refractivity contribution < 1.29 is 17.9 Å². The van der Waals surface area contributed by atoms with Crippen LogP contribution in [0.3, 0.4) is 0 Å². The molecule has 2 rings (SSSR count). The van der Waals surface area contributed by atoms with Crippen LogP contribution in [0.2, 0.25) is 0 Å². The summed E-state index contributed by atoms with van der Waals surface area (Å²) < 4.78 is 34.4. The van der Waals surface area contributed by atoms with E-state index in [1.807, 2.05) is 0 Å². The van der Waals surface area contributed by atoms with Crippen molar-refractivity contribution in [2.45, 2.75) is 31.8 Å². The van der Waals surface area contributed by atoms with Gasteiger partial charge in [0.15, 0.2) is 4.90 Å². The number of hydrogen-bond donors (Lipinski definition) is 1. The number of aryl methyl sites for hydroxylation is 2. The molecule has 21 heavy (non-hydrogen) atoms. The molecule has 0 radical (unpaired) electrons. The average molecular weight is 315 g/mol. The highest BCUT2D eigenvalue weighted by Crippen LogP contribution is 2.29. The molecule has 1 heterocycles. The Bertz CT molecular complexity index is 893. The van der Waals surface area contributed by atoms with Crippen LogP contribution >= 0.6 is 0 Å². The summed E-state index contributed by atoms with van der Waals surface area (Å²) in [5.41, 5.74) is -0.678. The fourth-order valence-corrected chi connectivity index (χ4v) is 2.95. The number of aromatic nitrogens is 2. The van der Waals surface area contributed by atoms with Crippen LogP contribution in [0.15, 0.2) is 21.8 Å². The number of benzene rings is 1. The lowest BCUT2D eigenvalue weighted by molar-refractivity contribution is -0.387. The van der Waals surface area contributed by atoms with Crippen LogP contribution in [-0.4, -0.2) is 27.0 Å². The van der Waals surface area contributed by atoms with Crippen LogP contribution in [0, 0.1) is 10.1 Å². The fourth-order valence-electron chi connectivity index (χ4n) is 2.29. The van der Waals surface area contributed by atoms with E-state index < -0.39 is 31.3 Å². The van der Waals surface area contributed by atoms with Crippen molar-refractivity contribution in [3.05, 3.63) is 32.7 Å². The molecule has 2 aromatic rings. The van der Waals surface area contributed by atoms with Crippen LogP contribution in [0.5, 0.6) is 0 Å². The summed E-state index contributed by atoms with van der Waals surface area (Å²) in [6.07, 6.45) is 0. The van der Waals surface area contributed by atoms with Crippen molar-refractivity contribution in [3.63, 3.8) is 0 Å². The third-order valence-electron chi connectivity index (χ3n) is 3.21. The van der Waals surface area contributed by atoms with Crippen LogP contribution in [0.25, 0.3) is 11.0 Å². The smallest absolute Gasteiger partial charge is 0.292 e. The van der Waals surface area contributed by atoms with Crippen molar-refractivity contribution in [2.75, 3.05) is 0 Å². The minimum Gasteiger partial charge on any atom is -0.292 e. The zero-order valence-electron chi connectivity index (χ0n) is 11.3. The van der Waals surface area contributed by atoms with Crippen LogP contribution in [0.1, 0.15) is 13.8 Å². The first-order chi connectivity index (χ1) is 9.72. The lowest BCUT2D eigenvalue weighted by atomic mass is 10.2. The molecule has 0 aliphatic heterocycles. The van der Waals surface area contributed by atoms with Crippen molar-refractivity contribution >= 4 is 26.8 Å². The molecule has 9 nitrogen and oxygen atoms in total. The van der Waals surface area contributed by atoms with Crippen molar-refractivity contribution in [3.8, 4) is 0 Å². The monoisotopic (exact) mass is 315 g/mol. The van der Waals surface area contributed by atoms with Gasteiger partial charge in [0.1, 0.15) is 0 Å². The predicted octanol–water partition coefficient (Wildman–Crippen LogP) is 0.998. The van der Waals surface area contributed by atoms with Gasteiger partial charge >= 0.3 is 15.8 Å². The summed E-state index contributed by atoms with van der Waals surface area (Å²) in [7, 11) is -4.77. The Morgan fingerprint density at radius 3 is 2.05 bits per heavy atom. The van der Waals surface area contributed by atoms with E-state index in [4.69, 9.17) is 4.55 Å². The lowest BCUT2D eigenvalue weighted by Gasteiger charge is -2.03.